The molecular formula is C16H32N2O8. The molecule has 0 saturated heterocycles. The van der Waals surface area contributed by atoms with Gasteiger partial charge >= 0.3 is 12.2 Å². The largest absolute Gasteiger partial charge is 0.442 e. The molecule has 0 rings (SSSR count). The molecule has 10 heteroatoms. The Hall–Kier alpha value is -1.62. The number of nitrogens with one attached hydrogen (secondary N) is 2. The van der Waals surface area contributed by atoms with Crippen LogP contribution in [0.3, 0.4) is 0 Å². The zero-order valence-corrected chi connectivity index (χ0v) is 16.5. The first-order chi connectivity index (χ1) is 12.0. The minimum Gasteiger partial charge on any atom is -0.442 e. The molecule has 0 spiro atoms. The van der Waals surface area contributed by atoms with Crippen LogP contribution in [-0.2, 0) is 28.6 Å². The molecule has 2 N–H and O–H groups in total. The van der Waals surface area contributed by atoms with Gasteiger partial charge in [0.2, 0.25) is 0 Å². The molecule has 0 aliphatic carbocycles. The first-order valence-electron chi connectivity index (χ1n) is 8.37. The minimum absolute atomic E-state index is 0.183. The molecule has 0 atom stereocenters. The molecule has 2 amide bonds. The van der Waals surface area contributed by atoms with Crippen LogP contribution in [0, 0.1) is 0 Å². The van der Waals surface area contributed by atoms with Crippen molar-refractivity contribution >= 4 is 12.2 Å². The Morgan fingerprint density at radius 2 is 0.923 bits per heavy atom. The highest BCUT2D eigenvalue weighted by Crippen LogP contribution is 2.06. The molecule has 10 nitrogen and oxygen atoms in total. The second kappa shape index (κ2) is 12.7. The summed E-state index contributed by atoms with van der Waals surface area (Å²) in [5, 5.41) is 0. The van der Waals surface area contributed by atoms with Gasteiger partial charge in [0.15, 0.2) is 0 Å². The summed E-state index contributed by atoms with van der Waals surface area (Å²) in [6, 6.07) is 0. The number of carbonyl (C=O) groups is 2. The lowest BCUT2D eigenvalue weighted by molar-refractivity contribution is -0.0442. The van der Waals surface area contributed by atoms with Crippen molar-refractivity contribution in [2.45, 2.75) is 52.7 Å². The fourth-order valence-electron chi connectivity index (χ4n) is 1.34. The van der Waals surface area contributed by atoms with E-state index in [1.54, 1.807) is 41.5 Å². The average molecular weight is 380 g/mol. The molecule has 0 fully saturated rings. The van der Waals surface area contributed by atoms with E-state index in [1.807, 2.05) is 0 Å². The number of hydrogen-bond acceptors (Lipinski definition) is 8. The maximum atomic E-state index is 11.3. The fourth-order valence-corrected chi connectivity index (χ4v) is 1.34. The normalized spacial score (nSPS) is 11.8. The maximum absolute atomic E-state index is 11.3. The van der Waals surface area contributed by atoms with Gasteiger partial charge in [-0.05, 0) is 41.5 Å². The molecule has 0 aliphatic rings. The minimum atomic E-state index is -0.652. The van der Waals surface area contributed by atoms with Crippen molar-refractivity contribution in [3.63, 3.8) is 0 Å². The molecule has 0 aromatic rings. The van der Waals surface area contributed by atoms with Gasteiger partial charge in [0.1, 0.15) is 11.2 Å². The maximum Gasteiger partial charge on any atom is 0.431 e. The number of hydrogen-bond donors (Lipinski definition) is 2. The van der Waals surface area contributed by atoms with Crippen LogP contribution < -0.4 is 11.0 Å². The van der Waals surface area contributed by atoms with Crippen LogP contribution in [0.15, 0.2) is 0 Å². The first kappa shape index (κ1) is 24.4. The molecule has 0 unspecified atom stereocenters. The topological polar surface area (TPSA) is 114 Å². The molecule has 0 bridgehead atoms. The highest BCUT2D eigenvalue weighted by molar-refractivity contribution is 5.66. The quantitative estimate of drug-likeness (QED) is 0.413. The van der Waals surface area contributed by atoms with Crippen LogP contribution in [0.5, 0.6) is 0 Å². The van der Waals surface area contributed by atoms with E-state index >= 15 is 0 Å². The lowest BCUT2D eigenvalue weighted by Gasteiger charge is -2.19. The third-order valence-corrected chi connectivity index (χ3v) is 2.14. The van der Waals surface area contributed by atoms with Crippen molar-refractivity contribution in [2.75, 3.05) is 39.6 Å². The third kappa shape index (κ3) is 18.7. The van der Waals surface area contributed by atoms with Gasteiger partial charge in [-0.3, -0.25) is 9.68 Å². The summed E-state index contributed by atoms with van der Waals surface area (Å²) in [5.41, 5.74) is 3.16. The molecule has 0 saturated carbocycles. The Morgan fingerprint density at radius 3 is 1.23 bits per heavy atom. The van der Waals surface area contributed by atoms with E-state index in [9.17, 15) is 9.59 Å². The van der Waals surface area contributed by atoms with Gasteiger partial charge in [0.05, 0.1) is 39.6 Å². The number of amides is 2. The monoisotopic (exact) mass is 380 g/mol. The van der Waals surface area contributed by atoms with E-state index in [0.29, 0.717) is 13.2 Å². The average Bonchev–Trinajstić information content (AvgIpc) is 2.44. The van der Waals surface area contributed by atoms with Gasteiger partial charge in [-0.1, -0.05) is 0 Å². The van der Waals surface area contributed by atoms with Crippen molar-refractivity contribution in [1.29, 1.82) is 0 Å². The van der Waals surface area contributed by atoms with E-state index in [-0.39, 0.29) is 26.4 Å². The van der Waals surface area contributed by atoms with Crippen LogP contribution in [0.2, 0.25) is 0 Å². The highest BCUT2D eigenvalue weighted by Gasteiger charge is 2.16. The van der Waals surface area contributed by atoms with Gasteiger partial charge in [-0.2, -0.15) is 11.0 Å². The predicted molar refractivity (Wildman–Crippen MR) is 92.3 cm³/mol. The summed E-state index contributed by atoms with van der Waals surface area (Å²) in [7, 11) is 0. The summed E-state index contributed by atoms with van der Waals surface area (Å²) in [4.78, 5) is 32.3. The van der Waals surface area contributed by atoms with E-state index in [1.165, 1.54) is 0 Å². The van der Waals surface area contributed by atoms with Crippen molar-refractivity contribution in [2.24, 2.45) is 0 Å². The molecule has 0 aromatic heterocycles. The Morgan fingerprint density at radius 1 is 0.615 bits per heavy atom. The Labute approximate surface area is 154 Å². The molecule has 0 heterocycles. The van der Waals surface area contributed by atoms with Gasteiger partial charge in [0.25, 0.3) is 0 Å². The van der Waals surface area contributed by atoms with Gasteiger partial charge in [0, 0.05) is 0 Å². The van der Waals surface area contributed by atoms with E-state index in [4.69, 9.17) is 28.6 Å². The fraction of sp³-hybridized carbons (Fsp3) is 0.875. The van der Waals surface area contributed by atoms with Crippen molar-refractivity contribution in [1.82, 2.24) is 11.0 Å². The molecular weight excluding hydrogens is 348 g/mol. The van der Waals surface area contributed by atoms with Crippen LogP contribution in [-0.4, -0.2) is 63.0 Å². The van der Waals surface area contributed by atoms with E-state index in [2.05, 4.69) is 11.0 Å². The van der Waals surface area contributed by atoms with Gasteiger partial charge in [-0.15, -0.1) is 0 Å². The zero-order chi connectivity index (χ0) is 20.1. The summed E-state index contributed by atoms with van der Waals surface area (Å²) >= 11 is 0. The molecule has 154 valence electrons. The summed E-state index contributed by atoms with van der Waals surface area (Å²) < 4.78 is 20.5. The van der Waals surface area contributed by atoms with Crippen LogP contribution >= 0.6 is 0 Å². The molecule has 26 heavy (non-hydrogen) atoms. The van der Waals surface area contributed by atoms with E-state index < -0.39 is 23.4 Å². The van der Waals surface area contributed by atoms with Crippen molar-refractivity contribution < 1.29 is 38.2 Å². The third-order valence-electron chi connectivity index (χ3n) is 2.14. The van der Waals surface area contributed by atoms with Gasteiger partial charge < -0.3 is 18.9 Å². The second-order valence-corrected chi connectivity index (χ2v) is 7.13. The first-order valence-corrected chi connectivity index (χ1v) is 8.37. The summed E-state index contributed by atoms with van der Waals surface area (Å²) in [6.07, 6.45) is -1.30. The number of carbonyl (C=O) groups excluding carboxylic acids is 2. The van der Waals surface area contributed by atoms with E-state index in [0.717, 1.165) is 0 Å². The Kier molecular flexibility index (Phi) is 11.9. The summed E-state index contributed by atoms with van der Waals surface area (Å²) in [6.45, 7) is 12.2. The predicted octanol–water partition coefficient (Wildman–Crippen LogP) is 1.93. The lowest BCUT2D eigenvalue weighted by Crippen LogP contribution is -2.33. The zero-order valence-electron chi connectivity index (χ0n) is 16.5. The number of hydroxylamine groups is 2. The van der Waals surface area contributed by atoms with Crippen LogP contribution in [0.1, 0.15) is 41.5 Å². The Balaban J connectivity index is 3.32. The second-order valence-electron chi connectivity index (χ2n) is 7.13. The highest BCUT2D eigenvalue weighted by atomic mass is 16.7. The standard InChI is InChI=1S/C16H32N2O8/c1-15(2,3)25-13(19)17-23-11-9-21-7-8-22-10-12-24-18-14(20)26-16(4,5)6/h7-12H2,1-6H3,(H,17,19)(H,18,20). The number of ether oxygens (including phenoxy) is 4. The van der Waals surface area contributed by atoms with Crippen LogP contribution in [0.25, 0.3) is 0 Å². The lowest BCUT2D eigenvalue weighted by atomic mass is 10.2. The van der Waals surface area contributed by atoms with Crippen molar-refractivity contribution in [3.8, 4) is 0 Å². The Bertz CT molecular complexity index is 366. The van der Waals surface area contributed by atoms with Gasteiger partial charge in [-0.25, -0.2) is 9.59 Å². The molecule has 0 aromatic carbocycles. The smallest absolute Gasteiger partial charge is 0.431 e. The molecule has 0 aliphatic heterocycles. The SMILES string of the molecule is CC(C)(C)OC(=O)NOCCOCCOCCONC(=O)OC(C)(C)C. The molecule has 0 radical (unpaired) electrons. The summed E-state index contributed by atoms with van der Waals surface area (Å²) in [5.74, 6) is 0. The van der Waals surface area contributed by atoms with Crippen molar-refractivity contribution in [3.05, 3.63) is 0 Å². The van der Waals surface area contributed by atoms with Crippen LogP contribution in [0.4, 0.5) is 9.59 Å². The number of rotatable bonds is 11.